The van der Waals surface area contributed by atoms with Crippen molar-refractivity contribution in [1.29, 1.82) is 0 Å². The van der Waals surface area contributed by atoms with Gasteiger partial charge in [0.05, 0.1) is 7.11 Å². The van der Waals surface area contributed by atoms with Crippen LogP contribution in [0.15, 0.2) is 18.2 Å². The lowest BCUT2D eigenvalue weighted by atomic mass is 10.2. The molecule has 0 heterocycles. The van der Waals surface area contributed by atoms with Crippen LogP contribution in [-0.4, -0.2) is 25.6 Å². The molecule has 5 heteroatoms. The van der Waals surface area contributed by atoms with E-state index in [9.17, 15) is 9.18 Å². The maximum Gasteiger partial charge on any atom is 0.242 e. The lowest BCUT2D eigenvalue weighted by Crippen LogP contribution is -2.39. The SMILES string of the molecule is COc1cc(NC(C)C(=O)NCC(C)C)ccc1F. The minimum atomic E-state index is -0.426. The summed E-state index contributed by atoms with van der Waals surface area (Å²) in [6.07, 6.45) is 0. The lowest BCUT2D eigenvalue weighted by Gasteiger charge is -2.16. The molecule has 1 amide bonds. The van der Waals surface area contributed by atoms with Crippen molar-refractivity contribution < 1.29 is 13.9 Å². The number of carbonyl (C=O) groups is 1. The van der Waals surface area contributed by atoms with E-state index < -0.39 is 11.9 Å². The van der Waals surface area contributed by atoms with Crippen molar-refractivity contribution in [2.45, 2.75) is 26.8 Å². The van der Waals surface area contributed by atoms with E-state index in [-0.39, 0.29) is 11.7 Å². The van der Waals surface area contributed by atoms with Crippen molar-refractivity contribution in [3.8, 4) is 5.75 Å². The number of rotatable bonds is 6. The zero-order valence-electron chi connectivity index (χ0n) is 11.8. The number of hydrogen-bond donors (Lipinski definition) is 2. The molecule has 106 valence electrons. The van der Waals surface area contributed by atoms with E-state index in [4.69, 9.17) is 4.74 Å². The molecule has 1 aromatic rings. The Morgan fingerprint density at radius 1 is 1.37 bits per heavy atom. The Labute approximate surface area is 113 Å². The molecule has 0 fully saturated rings. The summed E-state index contributed by atoms with van der Waals surface area (Å²) in [5.41, 5.74) is 0.644. The number of anilines is 1. The summed E-state index contributed by atoms with van der Waals surface area (Å²) in [4.78, 5) is 11.8. The Balaban J connectivity index is 2.61. The Hall–Kier alpha value is -1.78. The Bertz CT molecular complexity index is 435. The summed E-state index contributed by atoms with van der Waals surface area (Å²) in [6.45, 7) is 6.45. The number of halogens is 1. The third kappa shape index (κ3) is 4.77. The first kappa shape index (κ1) is 15.3. The molecule has 1 atom stereocenters. The van der Waals surface area contributed by atoms with Gasteiger partial charge < -0.3 is 15.4 Å². The third-order valence-corrected chi connectivity index (χ3v) is 2.61. The summed E-state index contributed by atoms with van der Waals surface area (Å²) in [7, 11) is 1.40. The van der Waals surface area contributed by atoms with Crippen LogP contribution in [0.4, 0.5) is 10.1 Å². The Morgan fingerprint density at radius 2 is 2.05 bits per heavy atom. The van der Waals surface area contributed by atoms with Crippen LogP contribution in [0.25, 0.3) is 0 Å². The molecule has 1 aromatic carbocycles. The smallest absolute Gasteiger partial charge is 0.242 e. The maximum atomic E-state index is 13.2. The fourth-order valence-corrected chi connectivity index (χ4v) is 1.52. The molecule has 2 N–H and O–H groups in total. The fourth-order valence-electron chi connectivity index (χ4n) is 1.52. The second-order valence-corrected chi connectivity index (χ2v) is 4.85. The van der Waals surface area contributed by atoms with Crippen LogP contribution >= 0.6 is 0 Å². The van der Waals surface area contributed by atoms with Crippen LogP contribution in [0, 0.1) is 11.7 Å². The van der Waals surface area contributed by atoms with Crippen molar-refractivity contribution in [2.24, 2.45) is 5.92 Å². The van der Waals surface area contributed by atoms with Crippen LogP contribution in [0.2, 0.25) is 0 Å². The zero-order valence-corrected chi connectivity index (χ0v) is 11.8. The molecule has 19 heavy (non-hydrogen) atoms. The van der Waals surface area contributed by atoms with Gasteiger partial charge in [0.25, 0.3) is 0 Å². The molecule has 0 saturated heterocycles. The van der Waals surface area contributed by atoms with Crippen LogP contribution < -0.4 is 15.4 Å². The van der Waals surface area contributed by atoms with E-state index in [2.05, 4.69) is 10.6 Å². The van der Waals surface area contributed by atoms with Gasteiger partial charge in [0.1, 0.15) is 6.04 Å². The lowest BCUT2D eigenvalue weighted by molar-refractivity contribution is -0.121. The number of ether oxygens (including phenoxy) is 1. The quantitative estimate of drug-likeness (QED) is 0.833. The number of methoxy groups -OCH3 is 1. The number of carbonyl (C=O) groups excluding carboxylic acids is 1. The van der Waals surface area contributed by atoms with E-state index in [0.717, 1.165) is 0 Å². The molecule has 0 aromatic heterocycles. The summed E-state index contributed by atoms with van der Waals surface area (Å²) >= 11 is 0. The number of benzene rings is 1. The first-order valence-corrected chi connectivity index (χ1v) is 6.31. The molecule has 0 saturated carbocycles. The zero-order chi connectivity index (χ0) is 14.4. The van der Waals surface area contributed by atoms with Gasteiger partial charge in [0.2, 0.25) is 5.91 Å². The van der Waals surface area contributed by atoms with Crippen molar-refractivity contribution >= 4 is 11.6 Å². The van der Waals surface area contributed by atoms with Crippen molar-refractivity contribution in [3.63, 3.8) is 0 Å². The molecule has 0 bridgehead atoms. The van der Waals surface area contributed by atoms with Crippen molar-refractivity contribution in [1.82, 2.24) is 5.32 Å². The van der Waals surface area contributed by atoms with Gasteiger partial charge in [-0.05, 0) is 25.0 Å². The predicted molar refractivity (Wildman–Crippen MR) is 73.9 cm³/mol. The molecule has 0 spiro atoms. The van der Waals surface area contributed by atoms with E-state index in [1.54, 1.807) is 13.0 Å². The largest absolute Gasteiger partial charge is 0.494 e. The molecular formula is C14H21FN2O2. The highest BCUT2D eigenvalue weighted by Gasteiger charge is 2.13. The molecule has 0 aliphatic heterocycles. The standard InChI is InChI=1S/C14H21FN2O2/c1-9(2)8-16-14(18)10(3)17-11-5-6-12(15)13(7-11)19-4/h5-7,9-10,17H,8H2,1-4H3,(H,16,18). The third-order valence-electron chi connectivity index (χ3n) is 2.61. The summed E-state index contributed by atoms with van der Waals surface area (Å²) in [6, 6.07) is 4.01. The Kier molecular flexibility index (Phi) is 5.60. The van der Waals surface area contributed by atoms with Gasteiger partial charge in [-0.1, -0.05) is 13.8 Å². The minimum absolute atomic E-state index is 0.0861. The highest BCUT2D eigenvalue weighted by molar-refractivity contribution is 5.84. The minimum Gasteiger partial charge on any atom is -0.494 e. The number of nitrogens with one attached hydrogen (secondary N) is 2. The second kappa shape index (κ2) is 6.97. The van der Waals surface area contributed by atoms with E-state index in [0.29, 0.717) is 18.2 Å². The van der Waals surface area contributed by atoms with E-state index in [1.807, 2.05) is 13.8 Å². The molecule has 0 radical (unpaired) electrons. The summed E-state index contributed by atoms with van der Waals surface area (Å²) in [5, 5.41) is 5.84. The highest BCUT2D eigenvalue weighted by atomic mass is 19.1. The summed E-state index contributed by atoms with van der Waals surface area (Å²) in [5.74, 6) is 0.0452. The van der Waals surface area contributed by atoms with Gasteiger partial charge in [-0.15, -0.1) is 0 Å². The normalized spacial score (nSPS) is 12.1. The monoisotopic (exact) mass is 268 g/mol. The first-order valence-electron chi connectivity index (χ1n) is 6.31. The van der Waals surface area contributed by atoms with Gasteiger partial charge in [-0.3, -0.25) is 4.79 Å². The summed E-state index contributed by atoms with van der Waals surface area (Å²) < 4.78 is 18.1. The molecule has 0 aliphatic carbocycles. The van der Waals surface area contributed by atoms with E-state index in [1.165, 1.54) is 19.2 Å². The average molecular weight is 268 g/mol. The number of amides is 1. The highest BCUT2D eigenvalue weighted by Crippen LogP contribution is 2.21. The van der Waals surface area contributed by atoms with E-state index >= 15 is 0 Å². The average Bonchev–Trinajstić information content (AvgIpc) is 2.37. The van der Waals surface area contributed by atoms with Crippen LogP contribution in [0.3, 0.4) is 0 Å². The van der Waals surface area contributed by atoms with Gasteiger partial charge in [0, 0.05) is 18.3 Å². The maximum absolute atomic E-state index is 13.2. The molecule has 1 unspecified atom stereocenters. The molecule has 1 rings (SSSR count). The van der Waals surface area contributed by atoms with Crippen LogP contribution in [-0.2, 0) is 4.79 Å². The van der Waals surface area contributed by atoms with Crippen molar-refractivity contribution in [3.05, 3.63) is 24.0 Å². The first-order chi connectivity index (χ1) is 8.93. The van der Waals surface area contributed by atoms with Crippen molar-refractivity contribution in [2.75, 3.05) is 19.0 Å². The number of hydrogen-bond acceptors (Lipinski definition) is 3. The van der Waals surface area contributed by atoms with Crippen LogP contribution in [0.5, 0.6) is 5.75 Å². The second-order valence-electron chi connectivity index (χ2n) is 4.85. The topological polar surface area (TPSA) is 50.4 Å². The van der Waals surface area contributed by atoms with Gasteiger partial charge in [0.15, 0.2) is 11.6 Å². The fraction of sp³-hybridized carbons (Fsp3) is 0.500. The molecule has 0 aliphatic rings. The predicted octanol–water partition coefficient (Wildman–Crippen LogP) is 2.41. The molecule has 4 nitrogen and oxygen atoms in total. The van der Waals surface area contributed by atoms with Gasteiger partial charge in [-0.2, -0.15) is 0 Å². The Morgan fingerprint density at radius 3 is 2.63 bits per heavy atom. The van der Waals surface area contributed by atoms with Gasteiger partial charge in [-0.25, -0.2) is 4.39 Å². The van der Waals surface area contributed by atoms with Gasteiger partial charge >= 0.3 is 0 Å². The molecular weight excluding hydrogens is 247 g/mol. The van der Waals surface area contributed by atoms with Crippen LogP contribution in [0.1, 0.15) is 20.8 Å².